The summed E-state index contributed by atoms with van der Waals surface area (Å²) in [6, 6.07) is 15.4. The van der Waals surface area contributed by atoms with Gasteiger partial charge in [0, 0.05) is 31.9 Å². The highest BCUT2D eigenvalue weighted by Gasteiger charge is 2.13. The van der Waals surface area contributed by atoms with Crippen molar-refractivity contribution in [3.05, 3.63) is 77.9 Å². The monoisotopic (exact) mass is 365 g/mol. The van der Waals surface area contributed by atoms with E-state index in [1.165, 1.54) is 5.56 Å². The number of benzene rings is 2. The van der Waals surface area contributed by atoms with Crippen LogP contribution in [0.1, 0.15) is 21.7 Å². The van der Waals surface area contributed by atoms with Crippen LogP contribution in [-0.2, 0) is 13.0 Å². The smallest absolute Gasteiger partial charge is 0.255 e. The number of carbonyl (C=O) groups is 1. The van der Waals surface area contributed by atoms with Crippen molar-refractivity contribution in [2.24, 2.45) is 0 Å². The lowest BCUT2D eigenvalue weighted by Crippen LogP contribution is -2.27. The zero-order valence-electron chi connectivity index (χ0n) is 15.5. The molecule has 0 saturated heterocycles. The Morgan fingerprint density at radius 1 is 1.11 bits per heavy atom. The van der Waals surface area contributed by atoms with Crippen molar-refractivity contribution >= 4 is 5.91 Å². The van der Waals surface area contributed by atoms with E-state index in [1.54, 1.807) is 38.6 Å². The molecule has 0 bridgehead atoms. The number of ether oxygens (including phenoxy) is 2. The lowest BCUT2D eigenvalue weighted by molar-refractivity contribution is 0.0950. The van der Waals surface area contributed by atoms with Gasteiger partial charge in [-0.05, 0) is 23.8 Å². The number of imidazole rings is 1. The summed E-state index contributed by atoms with van der Waals surface area (Å²) in [6.07, 6.45) is 4.37. The molecule has 1 aromatic heterocycles. The number of carbonyl (C=O) groups excluding carboxylic acids is 1. The number of nitrogens with zero attached hydrogens (tertiary/aromatic N) is 2. The van der Waals surface area contributed by atoms with Crippen LogP contribution < -0.4 is 14.8 Å². The molecule has 1 amide bonds. The summed E-state index contributed by atoms with van der Waals surface area (Å²) in [7, 11) is 3.11. The highest BCUT2D eigenvalue weighted by atomic mass is 16.5. The van der Waals surface area contributed by atoms with E-state index in [1.807, 2.05) is 24.4 Å². The Hall–Kier alpha value is -3.28. The summed E-state index contributed by atoms with van der Waals surface area (Å²) in [5, 5.41) is 2.93. The predicted molar refractivity (Wildman–Crippen MR) is 103 cm³/mol. The minimum Gasteiger partial charge on any atom is -0.497 e. The van der Waals surface area contributed by atoms with Crippen molar-refractivity contribution < 1.29 is 14.3 Å². The zero-order chi connectivity index (χ0) is 19.1. The van der Waals surface area contributed by atoms with Crippen LogP contribution in [-0.4, -0.2) is 36.2 Å². The molecule has 3 rings (SSSR count). The van der Waals surface area contributed by atoms with Crippen molar-refractivity contribution in [3.8, 4) is 11.5 Å². The Kier molecular flexibility index (Phi) is 6.10. The molecule has 0 atom stereocenters. The van der Waals surface area contributed by atoms with Crippen LogP contribution in [0.2, 0.25) is 0 Å². The summed E-state index contributed by atoms with van der Waals surface area (Å²) >= 11 is 0. The number of aromatic nitrogens is 2. The largest absolute Gasteiger partial charge is 0.497 e. The predicted octanol–water partition coefficient (Wildman–Crippen LogP) is 2.92. The molecule has 3 aromatic rings. The first-order valence-corrected chi connectivity index (χ1v) is 8.75. The molecule has 0 radical (unpaired) electrons. The van der Waals surface area contributed by atoms with Crippen LogP contribution in [0.5, 0.6) is 11.5 Å². The number of hydrogen-bond acceptors (Lipinski definition) is 4. The topological polar surface area (TPSA) is 65.4 Å². The SMILES string of the molecule is COc1ccc(OC)c(C(=O)NCCc2nccn2Cc2ccccc2)c1. The second kappa shape index (κ2) is 8.89. The third-order valence-corrected chi connectivity index (χ3v) is 4.28. The van der Waals surface area contributed by atoms with Gasteiger partial charge in [-0.15, -0.1) is 0 Å². The summed E-state index contributed by atoms with van der Waals surface area (Å²) < 4.78 is 12.6. The number of hydrogen-bond donors (Lipinski definition) is 1. The Morgan fingerprint density at radius 2 is 1.93 bits per heavy atom. The van der Waals surface area contributed by atoms with Crippen LogP contribution in [0.3, 0.4) is 0 Å². The maximum Gasteiger partial charge on any atom is 0.255 e. The standard InChI is InChI=1S/C21H23N3O3/c1-26-17-8-9-19(27-2)18(14-17)21(25)23-11-10-20-22-12-13-24(20)15-16-6-4-3-5-7-16/h3-9,12-14H,10-11,15H2,1-2H3,(H,23,25). The van der Waals surface area contributed by atoms with Crippen molar-refractivity contribution in [2.75, 3.05) is 20.8 Å². The maximum absolute atomic E-state index is 12.5. The molecule has 1 heterocycles. The fourth-order valence-corrected chi connectivity index (χ4v) is 2.87. The van der Waals surface area contributed by atoms with Crippen molar-refractivity contribution in [1.82, 2.24) is 14.9 Å². The van der Waals surface area contributed by atoms with Crippen molar-refractivity contribution in [2.45, 2.75) is 13.0 Å². The summed E-state index contributed by atoms with van der Waals surface area (Å²) in [4.78, 5) is 16.9. The highest BCUT2D eigenvalue weighted by molar-refractivity contribution is 5.97. The van der Waals surface area contributed by atoms with Crippen LogP contribution in [0.15, 0.2) is 60.9 Å². The van der Waals surface area contributed by atoms with Crippen LogP contribution in [0.25, 0.3) is 0 Å². The lowest BCUT2D eigenvalue weighted by atomic mass is 10.1. The van der Waals surface area contributed by atoms with Gasteiger partial charge in [-0.25, -0.2) is 4.98 Å². The van der Waals surface area contributed by atoms with E-state index in [0.717, 1.165) is 12.4 Å². The third-order valence-electron chi connectivity index (χ3n) is 4.28. The highest BCUT2D eigenvalue weighted by Crippen LogP contribution is 2.23. The van der Waals surface area contributed by atoms with E-state index in [9.17, 15) is 4.79 Å². The molecule has 1 N–H and O–H groups in total. The van der Waals surface area contributed by atoms with Gasteiger partial charge in [-0.1, -0.05) is 30.3 Å². The molecular formula is C21H23N3O3. The van der Waals surface area contributed by atoms with Gasteiger partial charge in [0.05, 0.1) is 19.8 Å². The number of amides is 1. The fraction of sp³-hybridized carbons (Fsp3) is 0.238. The second-order valence-corrected chi connectivity index (χ2v) is 6.03. The Morgan fingerprint density at radius 3 is 2.67 bits per heavy atom. The molecule has 6 nitrogen and oxygen atoms in total. The van der Waals surface area contributed by atoms with Crippen LogP contribution in [0.4, 0.5) is 0 Å². The minimum atomic E-state index is -0.202. The average molecular weight is 365 g/mol. The molecular weight excluding hydrogens is 342 g/mol. The number of rotatable bonds is 8. The first-order chi connectivity index (χ1) is 13.2. The van der Waals surface area contributed by atoms with Crippen molar-refractivity contribution in [1.29, 1.82) is 0 Å². The lowest BCUT2D eigenvalue weighted by Gasteiger charge is -2.11. The van der Waals surface area contributed by atoms with Gasteiger partial charge in [0.25, 0.3) is 5.91 Å². The summed E-state index contributed by atoms with van der Waals surface area (Å²) in [6.45, 7) is 1.23. The molecule has 0 fully saturated rings. The molecule has 0 aliphatic heterocycles. The van der Waals surface area contributed by atoms with Crippen molar-refractivity contribution in [3.63, 3.8) is 0 Å². The minimum absolute atomic E-state index is 0.202. The fourth-order valence-electron chi connectivity index (χ4n) is 2.87. The van der Waals surface area contributed by atoms with Gasteiger partial charge in [-0.2, -0.15) is 0 Å². The average Bonchev–Trinajstić information content (AvgIpc) is 3.15. The molecule has 0 aliphatic carbocycles. The van der Waals surface area contributed by atoms with Gasteiger partial charge < -0.3 is 19.4 Å². The Labute approximate surface area is 158 Å². The third kappa shape index (κ3) is 4.67. The van der Waals surface area contributed by atoms with E-state index < -0.39 is 0 Å². The maximum atomic E-state index is 12.5. The molecule has 27 heavy (non-hydrogen) atoms. The molecule has 6 heteroatoms. The molecule has 0 spiro atoms. The number of nitrogens with one attached hydrogen (secondary N) is 1. The molecule has 2 aromatic carbocycles. The summed E-state index contributed by atoms with van der Waals surface area (Å²) in [5.41, 5.74) is 1.66. The zero-order valence-corrected chi connectivity index (χ0v) is 15.5. The first kappa shape index (κ1) is 18.5. The van der Waals surface area contributed by atoms with Gasteiger partial charge in [0.1, 0.15) is 17.3 Å². The molecule has 140 valence electrons. The van der Waals surface area contributed by atoms with Crippen LogP contribution in [0, 0.1) is 0 Å². The van der Waals surface area contributed by atoms with Gasteiger partial charge in [0.15, 0.2) is 0 Å². The molecule has 0 saturated carbocycles. The Bertz CT molecular complexity index is 891. The van der Waals surface area contributed by atoms with E-state index in [2.05, 4.69) is 27.0 Å². The van der Waals surface area contributed by atoms with Gasteiger partial charge in [-0.3, -0.25) is 4.79 Å². The molecule has 0 aliphatic rings. The Balaban J connectivity index is 1.61. The van der Waals surface area contributed by atoms with Crippen LogP contribution >= 0.6 is 0 Å². The molecule has 0 unspecified atom stereocenters. The number of methoxy groups -OCH3 is 2. The normalized spacial score (nSPS) is 10.4. The van der Waals surface area contributed by atoms with E-state index in [4.69, 9.17) is 9.47 Å². The van der Waals surface area contributed by atoms with E-state index in [-0.39, 0.29) is 5.91 Å². The second-order valence-electron chi connectivity index (χ2n) is 6.03. The summed E-state index contributed by atoms with van der Waals surface area (Å²) in [5.74, 6) is 1.85. The van der Waals surface area contributed by atoms with Gasteiger partial charge in [0.2, 0.25) is 0 Å². The first-order valence-electron chi connectivity index (χ1n) is 8.75. The van der Waals surface area contributed by atoms with E-state index >= 15 is 0 Å². The van der Waals surface area contributed by atoms with Gasteiger partial charge >= 0.3 is 0 Å². The quantitative estimate of drug-likeness (QED) is 0.667. The van der Waals surface area contributed by atoms with E-state index in [0.29, 0.717) is 30.0 Å².